The van der Waals surface area contributed by atoms with Crippen LogP contribution in [0.1, 0.15) is 32.4 Å². The zero-order valence-corrected chi connectivity index (χ0v) is 26.7. The van der Waals surface area contributed by atoms with Gasteiger partial charge in [0.25, 0.3) is 5.56 Å². The molecule has 234 valence electrons. The lowest BCUT2D eigenvalue weighted by atomic mass is 9.88. The van der Waals surface area contributed by atoms with Gasteiger partial charge in [0.15, 0.2) is 17.4 Å². The maximum absolute atomic E-state index is 15.5. The molecule has 1 unspecified atom stereocenters. The SMILES string of the molecule is C=CC(=O)N1CCN(c2c(C#N)c(=O)n(C3C(C(C)C)=NC=C[C@H]3C)c3nc(-c4c(F)c(Cl)c(F)c(O)c4Cl)c(Cl)cc23)CC1. The summed E-state index contributed by atoms with van der Waals surface area (Å²) >= 11 is 18.8. The maximum atomic E-state index is 15.5. The van der Waals surface area contributed by atoms with Crippen molar-refractivity contribution in [2.24, 2.45) is 16.8 Å². The minimum absolute atomic E-state index is 0.0221. The van der Waals surface area contributed by atoms with Gasteiger partial charge >= 0.3 is 0 Å². The van der Waals surface area contributed by atoms with Crippen molar-refractivity contribution in [1.29, 1.82) is 5.26 Å². The van der Waals surface area contributed by atoms with Crippen molar-refractivity contribution in [2.75, 3.05) is 31.1 Å². The van der Waals surface area contributed by atoms with Gasteiger partial charge in [-0.3, -0.25) is 19.1 Å². The fraction of sp³-hybridized carbons (Fsp3) is 0.323. The first-order valence-corrected chi connectivity index (χ1v) is 15.1. The van der Waals surface area contributed by atoms with E-state index in [1.165, 1.54) is 16.7 Å². The molecule has 2 aliphatic heterocycles. The largest absolute Gasteiger partial charge is 0.504 e. The van der Waals surface area contributed by atoms with Crippen LogP contribution in [0.3, 0.4) is 0 Å². The second-order valence-corrected chi connectivity index (χ2v) is 12.2. The number of carbonyl (C=O) groups excluding carboxylic acids is 1. The van der Waals surface area contributed by atoms with E-state index in [-0.39, 0.29) is 58.4 Å². The molecule has 0 aliphatic carbocycles. The standard InChI is InChI=1S/C31H27Cl3F2N6O3/c1-5-19(43)40-8-10-41(11-9-40)28-16-12-18(32)26(20-21(33)29(44)24(36)22(34)23(20)35)39-30(16)42(31(45)17(28)13-37)27-15(4)6-7-38-25(27)14(2)3/h5-7,12,14-15,27,44H,1,8-11H2,2-4H3/t15-,27?/m1/s1. The van der Waals surface area contributed by atoms with Gasteiger partial charge in [0, 0.05) is 49.4 Å². The molecule has 0 radical (unpaired) electrons. The number of halogens is 5. The molecule has 1 amide bonds. The Labute approximate surface area is 272 Å². The predicted molar refractivity (Wildman–Crippen MR) is 171 cm³/mol. The molecule has 4 heterocycles. The second kappa shape index (κ2) is 12.4. The molecule has 1 N–H and O–H groups in total. The van der Waals surface area contributed by atoms with Crippen molar-refractivity contribution in [3.8, 4) is 23.1 Å². The van der Waals surface area contributed by atoms with E-state index >= 15 is 4.39 Å². The van der Waals surface area contributed by atoms with Crippen LogP contribution in [-0.2, 0) is 4.79 Å². The predicted octanol–water partition coefficient (Wildman–Crippen LogP) is 6.52. The Kier molecular flexibility index (Phi) is 8.95. The number of carbonyl (C=O) groups is 1. The van der Waals surface area contributed by atoms with E-state index < -0.39 is 44.6 Å². The summed E-state index contributed by atoms with van der Waals surface area (Å²) < 4.78 is 31.2. The molecule has 1 aromatic carbocycles. The van der Waals surface area contributed by atoms with Crippen molar-refractivity contribution in [3.05, 3.63) is 73.6 Å². The number of hydrogen-bond donors (Lipinski definition) is 1. The highest BCUT2D eigenvalue weighted by Gasteiger charge is 2.35. The number of nitriles is 1. The van der Waals surface area contributed by atoms with Crippen molar-refractivity contribution in [1.82, 2.24) is 14.5 Å². The molecule has 2 aromatic heterocycles. The van der Waals surface area contributed by atoms with Crippen molar-refractivity contribution < 1.29 is 18.7 Å². The maximum Gasteiger partial charge on any atom is 0.272 e. The number of phenolic OH excluding ortho intramolecular Hbond substituents is 1. The van der Waals surface area contributed by atoms with E-state index in [1.807, 2.05) is 26.8 Å². The molecule has 9 nitrogen and oxygen atoms in total. The van der Waals surface area contributed by atoms with Gasteiger partial charge in [-0.25, -0.2) is 13.8 Å². The summed E-state index contributed by atoms with van der Waals surface area (Å²) in [7, 11) is 0. The van der Waals surface area contributed by atoms with Crippen molar-refractivity contribution in [2.45, 2.75) is 26.8 Å². The Morgan fingerprint density at radius 3 is 2.44 bits per heavy atom. The highest BCUT2D eigenvalue weighted by Crippen LogP contribution is 2.46. The summed E-state index contributed by atoms with van der Waals surface area (Å²) in [4.78, 5) is 39.2. The molecule has 0 saturated carbocycles. The lowest BCUT2D eigenvalue weighted by molar-refractivity contribution is -0.126. The first-order valence-electron chi connectivity index (χ1n) is 14.0. The fourth-order valence-electron chi connectivity index (χ4n) is 5.83. The Balaban J connectivity index is 1.88. The quantitative estimate of drug-likeness (QED) is 0.187. The summed E-state index contributed by atoms with van der Waals surface area (Å²) in [6, 6.07) is 2.80. The number of piperazine rings is 1. The topological polar surface area (TPSA) is 115 Å². The number of anilines is 1. The van der Waals surface area contributed by atoms with Crippen LogP contribution in [0.25, 0.3) is 22.3 Å². The zero-order chi connectivity index (χ0) is 32.9. The Morgan fingerprint density at radius 1 is 1.18 bits per heavy atom. The van der Waals surface area contributed by atoms with Crippen LogP contribution in [-0.4, -0.2) is 57.4 Å². The number of rotatable bonds is 5. The Hall–Kier alpha value is -3.98. The van der Waals surface area contributed by atoms with Crippen LogP contribution in [0, 0.1) is 34.8 Å². The molecule has 3 aromatic rings. The average Bonchev–Trinajstić information content (AvgIpc) is 3.02. The molecule has 5 rings (SSSR count). The van der Waals surface area contributed by atoms with E-state index in [9.17, 15) is 24.3 Å². The van der Waals surface area contributed by atoms with E-state index in [0.717, 1.165) is 0 Å². The molecule has 0 bridgehead atoms. The van der Waals surface area contributed by atoms with Crippen LogP contribution in [0.15, 0.2) is 40.8 Å². The normalized spacial score (nSPS) is 18.4. The van der Waals surface area contributed by atoms with Gasteiger partial charge in [0.05, 0.1) is 33.0 Å². The summed E-state index contributed by atoms with van der Waals surface area (Å²) in [6.07, 6.45) is 4.69. The number of aromatic hydroxyl groups is 1. The summed E-state index contributed by atoms with van der Waals surface area (Å²) in [5.41, 5.74) is -0.806. The second-order valence-electron chi connectivity index (χ2n) is 11.1. The number of nitrogens with zero attached hydrogens (tertiary/aromatic N) is 6. The average molecular weight is 676 g/mol. The van der Waals surface area contributed by atoms with E-state index in [1.54, 1.807) is 16.0 Å². The van der Waals surface area contributed by atoms with Crippen LogP contribution < -0.4 is 10.5 Å². The third-order valence-electron chi connectivity index (χ3n) is 8.06. The number of benzene rings is 1. The third kappa shape index (κ3) is 5.35. The number of hydrogen-bond acceptors (Lipinski definition) is 7. The first-order chi connectivity index (χ1) is 21.3. The number of aromatic nitrogens is 2. The van der Waals surface area contributed by atoms with E-state index in [2.05, 4.69) is 22.6 Å². The van der Waals surface area contributed by atoms with E-state index in [4.69, 9.17) is 34.8 Å². The van der Waals surface area contributed by atoms with Gasteiger partial charge in [-0.15, -0.1) is 0 Å². The number of allylic oxidation sites excluding steroid dienone is 1. The summed E-state index contributed by atoms with van der Waals surface area (Å²) in [5.74, 6) is -4.50. The molecule has 0 spiro atoms. The van der Waals surface area contributed by atoms with Crippen molar-refractivity contribution in [3.63, 3.8) is 0 Å². The molecular weight excluding hydrogens is 649 g/mol. The summed E-state index contributed by atoms with van der Waals surface area (Å²) in [6.45, 7) is 10.4. The smallest absolute Gasteiger partial charge is 0.272 e. The summed E-state index contributed by atoms with van der Waals surface area (Å²) in [5, 5.41) is 19.0. The van der Waals surface area contributed by atoms with E-state index in [0.29, 0.717) is 24.2 Å². The molecule has 14 heteroatoms. The molecule has 2 aliphatic rings. The van der Waals surface area contributed by atoms with Gasteiger partial charge in [0.2, 0.25) is 5.91 Å². The third-order valence-corrected chi connectivity index (χ3v) is 9.05. The lowest BCUT2D eigenvalue weighted by Gasteiger charge is -2.37. The van der Waals surface area contributed by atoms with Crippen LogP contribution >= 0.6 is 34.8 Å². The first kappa shape index (κ1) is 32.4. The molecule has 1 saturated heterocycles. The Bertz CT molecular complexity index is 1900. The minimum Gasteiger partial charge on any atom is -0.504 e. The van der Waals surface area contributed by atoms with Gasteiger partial charge in [-0.05, 0) is 18.1 Å². The molecular formula is C31H27Cl3F2N6O3. The van der Waals surface area contributed by atoms with Gasteiger partial charge in [-0.1, -0.05) is 68.2 Å². The number of aliphatic imine (C=N–C) groups is 1. The van der Waals surface area contributed by atoms with Gasteiger partial charge < -0.3 is 14.9 Å². The fourth-order valence-corrected chi connectivity index (χ4v) is 6.52. The highest BCUT2D eigenvalue weighted by atomic mass is 35.5. The molecule has 45 heavy (non-hydrogen) atoms. The van der Waals surface area contributed by atoms with Crippen LogP contribution in [0.2, 0.25) is 15.1 Å². The van der Waals surface area contributed by atoms with Gasteiger partial charge in [-0.2, -0.15) is 5.26 Å². The highest BCUT2D eigenvalue weighted by molar-refractivity contribution is 6.39. The molecule has 1 fully saturated rings. The number of amides is 1. The van der Waals surface area contributed by atoms with Crippen molar-refractivity contribution >= 4 is 63.1 Å². The number of phenols is 1. The van der Waals surface area contributed by atoms with Crippen LogP contribution in [0.5, 0.6) is 5.75 Å². The monoisotopic (exact) mass is 674 g/mol. The lowest BCUT2D eigenvalue weighted by Crippen LogP contribution is -2.49. The Morgan fingerprint density at radius 2 is 1.84 bits per heavy atom. The zero-order valence-electron chi connectivity index (χ0n) is 24.4. The minimum atomic E-state index is -1.45. The number of pyridine rings is 2. The van der Waals surface area contributed by atoms with Gasteiger partial charge in [0.1, 0.15) is 22.3 Å². The van der Waals surface area contributed by atoms with Crippen LogP contribution in [0.4, 0.5) is 14.5 Å². The molecule has 2 atom stereocenters. The number of fused-ring (bicyclic) bond motifs is 1.